The van der Waals surface area contributed by atoms with Crippen LogP contribution in [0.15, 0.2) is 112 Å². The van der Waals surface area contributed by atoms with Gasteiger partial charge in [0.1, 0.15) is 28.5 Å². The van der Waals surface area contributed by atoms with Gasteiger partial charge in [0, 0.05) is 16.5 Å². The predicted molar refractivity (Wildman–Crippen MR) is 170 cm³/mol. The first-order valence-electron chi connectivity index (χ1n) is 13.4. The molecule has 0 saturated carbocycles. The Morgan fingerprint density at radius 1 is 0.953 bits per heavy atom. The van der Waals surface area contributed by atoms with E-state index in [9.17, 15) is 22.9 Å². The summed E-state index contributed by atoms with van der Waals surface area (Å²) in [7, 11) is -4.34. The van der Waals surface area contributed by atoms with Gasteiger partial charge >= 0.3 is 5.97 Å². The second-order valence-electron chi connectivity index (χ2n) is 10.7. The zero-order chi connectivity index (χ0) is 30.8. The van der Waals surface area contributed by atoms with E-state index in [-0.39, 0.29) is 22.6 Å². The molecule has 220 valence electrons. The van der Waals surface area contributed by atoms with Gasteiger partial charge in [-0.2, -0.15) is 0 Å². The molecule has 0 amide bonds. The molecule has 0 radical (unpaired) electrons. The normalized spacial score (nSPS) is 12.9. The molecule has 1 atom stereocenters. The van der Waals surface area contributed by atoms with Crippen LogP contribution in [0.4, 0.5) is 0 Å². The minimum atomic E-state index is -4.34. The van der Waals surface area contributed by atoms with Crippen LogP contribution in [0.3, 0.4) is 0 Å². The number of carboxylic acid groups (broad SMARTS) is 1. The van der Waals surface area contributed by atoms with Crippen LogP contribution in [0.1, 0.15) is 42.4 Å². The highest BCUT2D eigenvalue weighted by Gasteiger charge is 2.32. The molecule has 0 aliphatic carbocycles. The molecule has 8 nitrogen and oxygen atoms in total. The molecule has 43 heavy (non-hydrogen) atoms. The smallest absolute Gasteiger partial charge is 0.354 e. The first kappa shape index (κ1) is 30.1. The van der Waals surface area contributed by atoms with Crippen LogP contribution in [0.25, 0.3) is 22.0 Å². The van der Waals surface area contributed by atoms with Crippen LogP contribution in [0.5, 0.6) is 5.75 Å². The number of fused-ring (bicyclic) bond motifs is 1. The van der Waals surface area contributed by atoms with E-state index in [1.807, 2.05) is 30.3 Å². The summed E-state index contributed by atoms with van der Waals surface area (Å²) < 4.78 is 51.3. The molecular weight excluding hydrogens is 585 g/mol. The summed E-state index contributed by atoms with van der Waals surface area (Å²) >= 11 is -1.57. The summed E-state index contributed by atoms with van der Waals surface area (Å²) in [6.07, 6.45) is 1.44. The van der Waals surface area contributed by atoms with E-state index in [1.54, 1.807) is 81.4 Å². The average Bonchev–Trinajstić information content (AvgIpc) is 3.35. The number of benzene rings is 4. The number of hydrogen-bond donors (Lipinski definition) is 1. The highest BCUT2D eigenvalue weighted by Crippen LogP contribution is 2.40. The highest BCUT2D eigenvalue weighted by molar-refractivity contribution is 7.91. The van der Waals surface area contributed by atoms with E-state index < -0.39 is 37.8 Å². The lowest BCUT2D eigenvalue weighted by Crippen LogP contribution is -2.25. The fourth-order valence-electron chi connectivity index (χ4n) is 4.59. The van der Waals surface area contributed by atoms with Crippen molar-refractivity contribution >= 4 is 44.5 Å². The van der Waals surface area contributed by atoms with Gasteiger partial charge in [0.25, 0.3) is 10.0 Å². The van der Waals surface area contributed by atoms with Gasteiger partial charge < -0.3 is 14.4 Å². The Kier molecular flexibility index (Phi) is 8.45. The van der Waals surface area contributed by atoms with Gasteiger partial charge in [-0.1, -0.05) is 77.2 Å². The fraction of sp³-hybridized carbons (Fsp3) is 0.152. The maximum Gasteiger partial charge on any atom is 0.354 e. The van der Waals surface area contributed by atoms with Crippen molar-refractivity contribution in [2.45, 2.75) is 37.0 Å². The van der Waals surface area contributed by atoms with Crippen LogP contribution in [0.2, 0.25) is 0 Å². The Bertz CT molecular complexity index is 1910. The molecule has 0 aliphatic heterocycles. The van der Waals surface area contributed by atoms with E-state index in [0.29, 0.717) is 22.3 Å². The maximum atomic E-state index is 14.0. The van der Waals surface area contributed by atoms with Gasteiger partial charge in [0.05, 0.1) is 16.6 Å². The van der Waals surface area contributed by atoms with E-state index in [1.165, 1.54) is 18.3 Å². The molecule has 5 aromatic rings. The SMILES string of the molecule is CC(C)(C)[S+]([O-])N=Cc1ccccc1-c1c(C(=O)O)n(S(=O)(=O)c2ccccc2)c2ccc(OCc3ccccc3)cc12. The van der Waals surface area contributed by atoms with Crippen molar-refractivity contribution in [3.8, 4) is 16.9 Å². The third-order valence-electron chi connectivity index (χ3n) is 6.67. The van der Waals surface area contributed by atoms with Crippen LogP contribution >= 0.6 is 0 Å². The third-order valence-corrected chi connectivity index (χ3v) is 9.74. The maximum absolute atomic E-state index is 14.0. The summed E-state index contributed by atoms with van der Waals surface area (Å²) in [6, 6.07) is 29.0. The lowest BCUT2D eigenvalue weighted by atomic mass is 9.97. The molecule has 4 aromatic carbocycles. The number of aromatic nitrogens is 1. The van der Waals surface area contributed by atoms with E-state index >= 15 is 0 Å². The molecular formula is C33H30N2O6S2. The first-order chi connectivity index (χ1) is 20.5. The van der Waals surface area contributed by atoms with E-state index in [2.05, 4.69) is 4.40 Å². The second kappa shape index (κ2) is 12.1. The molecule has 1 aromatic heterocycles. The van der Waals surface area contributed by atoms with E-state index in [4.69, 9.17) is 4.74 Å². The standard InChI is InChI=1S/C33H30N2O6S2/c1-33(2,3)42(38)34-21-24-14-10-11-17-27(24)30-28-20-25(41-22-23-12-6-4-7-13-23)18-19-29(28)35(31(30)32(36)37)43(39,40)26-15-8-5-9-16-26/h4-21H,22H2,1-3H3,(H,36,37). The van der Waals surface area contributed by atoms with Gasteiger partial charge in [-0.25, -0.2) is 17.2 Å². The van der Waals surface area contributed by atoms with Gasteiger partial charge in [-0.05, 0) is 62.2 Å². The number of carbonyl (C=O) groups is 1. The average molecular weight is 615 g/mol. The number of ether oxygens (including phenoxy) is 1. The second-order valence-corrected chi connectivity index (χ2v) is 14.5. The summed E-state index contributed by atoms with van der Waals surface area (Å²) in [5.74, 6) is -0.994. The summed E-state index contributed by atoms with van der Waals surface area (Å²) in [4.78, 5) is 12.9. The Morgan fingerprint density at radius 3 is 2.23 bits per heavy atom. The number of rotatable bonds is 9. The fourth-order valence-corrected chi connectivity index (χ4v) is 6.65. The monoisotopic (exact) mass is 614 g/mol. The van der Waals surface area contributed by atoms with Crippen molar-refractivity contribution < 1.29 is 27.6 Å². The van der Waals surface area contributed by atoms with E-state index in [0.717, 1.165) is 9.54 Å². The topological polar surface area (TPSA) is 121 Å². The van der Waals surface area contributed by atoms with Crippen LogP contribution < -0.4 is 4.74 Å². The molecule has 0 fully saturated rings. The molecule has 0 bridgehead atoms. The number of aromatic carboxylic acids is 1. The highest BCUT2D eigenvalue weighted by atomic mass is 32.2. The Hall–Kier alpha value is -4.38. The van der Waals surface area contributed by atoms with Crippen molar-refractivity contribution in [3.05, 3.63) is 120 Å². The Labute approximate surface area is 253 Å². The molecule has 10 heteroatoms. The minimum absolute atomic E-state index is 0.0548. The lowest BCUT2D eigenvalue weighted by Gasteiger charge is -2.18. The quantitative estimate of drug-likeness (QED) is 0.146. The van der Waals surface area contributed by atoms with Crippen molar-refractivity contribution in [1.82, 2.24) is 3.97 Å². The number of carboxylic acids is 1. The van der Waals surface area contributed by atoms with Gasteiger partial charge in [-0.15, -0.1) is 0 Å². The number of hydrogen-bond acceptors (Lipinski definition) is 6. The molecule has 5 rings (SSSR count). The van der Waals surface area contributed by atoms with Crippen molar-refractivity contribution in [2.75, 3.05) is 0 Å². The van der Waals surface area contributed by atoms with Crippen LogP contribution in [-0.2, 0) is 28.0 Å². The number of nitrogens with zero attached hydrogens (tertiary/aromatic N) is 2. The van der Waals surface area contributed by atoms with Crippen molar-refractivity contribution in [3.63, 3.8) is 0 Å². The summed E-state index contributed by atoms with van der Waals surface area (Å²) in [5.41, 5.74) is 1.75. The van der Waals surface area contributed by atoms with Gasteiger partial charge in [0.2, 0.25) is 0 Å². The molecule has 1 heterocycles. The molecule has 0 saturated heterocycles. The summed E-state index contributed by atoms with van der Waals surface area (Å²) in [5, 5.41) is 10.9. The molecule has 1 N–H and O–H groups in total. The van der Waals surface area contributed by atoms with Gasteiger partial charge in [-0.3, -0.25) is 0 Å². The van der Waals surface area contributed by atoms with Crippen molar-refractivity contribution in [1.29, 1.82) is 0 Å². The van der Waals surface area contributed by atoms with Crippen LogP contribution in [-0.4, -0.2) is 39.0 Å². The predicted octanol–water partition coefficient (Wildman–Crippen LogP) is 6.70. The third kappa shape index (κ3) is 6.22. The Morgan fingerprint density at radius 2 is 1.58 bits per heavy atom. The first-order valence-corrected chi connectivity index (χ1v) is 16.0. The zero-order valence-corrected chi connectivity index (χ0v) is 25.4. The van der Waals surface area contributed by atoms with Crippen molar-refractivity contribution in [2.24, 2.45) is 4.40 Å². The Balaban J connectivity index is 1.77. The van der Waals surface area contributed by atoms with Gasteiger partial charge in [0.15, 0.2) is 5.69 Å². The largest absolute Gasteiger partial charge is 0.591 e. The lowest BCUT2D eigenvalue weighted by molar-refractivity contribution is 0.0690. The van der Waals surface area contributed by atoms with Crippen LogP contribution in [0, 0.1) is 0 Å². The summed E-state index contributed by atoms with van der Waals surface area (Å²) in [6.45, 7) is 5.66. The molecule has 0 spiro atoms. The minimum Gasteiger partial charge on any atom is -0.591 e. The molecule has 1 unspecified atom stereocenters. The molecule has 0 aliphatic rings. The zero-order valence-electron chi connectivity index (χ0n) is 23.8.